The fourth-order valence-corrected chi connectivity index (χ4v) is 4.00. The van der Waals surface area contributed by atoms with E-state index < -0.39 is 0 Å². The highest BCUT2D eigenvalue weighted by molar-refractivity contribution is 6.40. The van der Waals surface area contributed by atoms with E-state index in [4.69, 9.17) is 28.1 Å². The van der Waals surface area contributed by atoms with Gasteiger partial charge in [-0.1, -0.05) is 41.9 Å². The van der Waals surface area contributed by atoms with Crippen LogP contribution in [0.2, 0.25) is 5.02 Å². The molecule has 0 atom stereocenters. The van der Waals surface area contributed by atoms with Crippen LogP contribution in [-0.4, -0.2) is 35.6 Å². The Morgan fingerprint density at radius 3 is 2.50 bits per heavy atom. The fourth-order valence-electron chi connectivity index (χ4n) is 3.77. The number of para-hydroxylation sites is 1. The molecule has 7 nitrogen and oxygen atoms in total. The number of halogens is 1. The van der Waals surface area contributed by atoms with Gasteiger partial charge in [0.1, 0.15) is 5.84 Å². The number of aliphatic imine (C=N–C) groups is 2. The highest BCUT2D eigenvalue weighted by Gasteiger charge is 2.25. The Labute approximate surface area is 192 Å². The second kappa shape index (κ2) is 9.20. The van der Waals surface area contributed by atoms with Crippen molar-refractivity contribution in [2.24, 2.45) is 21.5 Å². The third-order valence-electron chi connectivity index (χ3n) is 5.36. The first-order valence-electron chi connectivity index (χ1n) is 10.2. The number of aryl methyl sites for hydroxylation is 1. The van der Waals surface area contributed by atoms with Gasteiger partial charge in [-0.15, -0.1) is 0 Å². The zero-order valence-corrected chi connectivity index (χ0v) is 18.7. The van der Waals surface area contributed by atoms with Crippen LogP contribution in [0, 0.1) is 0 Å². The van der Waals surface area contributed by atoms with E-state index in [1.165, 1.54) is 0 Å². The Balaban J connectivity index is 1.81. The molecule has 32 heavy (non-hydrogen) atoms. The van der Waals surface area contributed by atoms with Crippen molar-refractivity contribution in [3.05, 3.63) is 87.8 Å². The van der Waals surface area contributed by atoms with Crippen molar-refractivity contribution in [1.29, 1.82) is 0 Å². The van der Waals surface area contributed by atoms with Crippen LogP contribution in [0.1, 0.15) is 28.8 Å². The Morgan fingerprint density at radius 1 is 1.06 bits per heavy atom. The number of benzene rings is 2. The van der Waals surface area contributed by atoms with E-state index in [2.05, 4.69) is 20.3 Å². The topological polar surface area (TPSA) is 115 Å². The van der Waals surface area contributed by atoms with Crippen molar-refractivity contribution < 1.29 is 0 Å². The van der Waals surface area contributed by atoms with Crippen molar-refractivity contribution >= 4 is 40.4 Å². The molecule has 4 rings (SSSR count). The third kappa shape index (κ3) is 4.07. The highest BCUT2D eigenvalue weighted by Crippen LogP contribution is 2.33. The maximum absolute atomic E-state index is 6.47. The first kappa shape index (κ1) is 21.5. The van der Waals surface area contributed by atoms with Crippen LogP contribution < -0.4 is 16.8 Å². The summed E-state index contributed by atoms with van der Waals surface area (Å²) in [6.45, 7) is 0. The lowest BCUT2D eigenvalue weighted by Crippen LogP contribution is -2.20. The molecule has 1 heterocycles. The number of anilines is 1. The number of hydrogen-bond acceptors (Lipinski definition) is 6. The normalized spacial score (nSPS) is 14.3. The Hall–Kier alpha value is -3.71. The summed E-state index contributed by atoms with van der Waals surface area (Å²) in [5.41, 5.74) is 19.0. The van der Waals surface area contributed by atoms with Gasteiger partial charge in [-0.05, 0) is 36.6 Å². The summed E-state index contributed by atoms with van der Waals surface area (Å²) in [5, 5.41) is 3.72. The molecule has 0 fully saturated rings. The van der Waals surface area contributed by atoms with Gasteiger partial charge in [-0.3, -0.25) is 4.99 Å². The van der Waals surface area contributed by atoms with E-state index in [1.807, 2.05) is 55.6 Å². The molecule has 0 aliphatic heterocycles. The number of aromatic nitrogens is 2. The molecule has 0 radical (unpaired) electrons. The highest BCUT2D eigenvalue weighted by atomic mass is 35.5. The van der Waals surface area contributed by atoms with Crippen molar-refractivity contribution in [2.75, 3.05) is 19.4 Å². The molecule has 8 heteroatoms. The van der Waals surface area contributed by atoms with Crippen LogP contribution in [-0.2, 0) is 6.42 Å². The summed E-state index contributed by atoms with van der Waals surface area (Å²) in [4.78, 5) is 18.2. The Kier molecular flexibility index (Phi) is 6.18. The molecule has 1 aromatic heterocycles. The van der Waals surface area contributed by atoms with Gasteiger partial charge >= 0.3 is 0 Å². The largest absolute Gasteiger partial charge is 0.401 e. The first-order valence-corrected chi connectivity index (χ1v) is 10.6. The molecule has 0 unspecified atom stereocenters. The standard InChI is InChI=1S/C24H24ClN7/c1-28-19-10-6-4-8-16(19)23(27)32-24-30-13-14-11-12-18(26)20(21(14)31-24)22(29-2)15-7-3-5-9-17(15)25/h3-10,13,28H,11-12,26H2,1-2H3,(H2,27,30,31,32). The molecule has 0 spiro atoms. The minimum absolute atomic E-state index is 0.258. The van der Waals surface area contributed by atoms with Gasteiger partial charge in [0.15, 0.2) is 0 Å². The molecule has 0 bridgehead atoms. The van der Waals surface area contributed by atoms with E-state index in [0.29, 0.717) is 34.4 Å². The number of allylic oxidation sites excluding steroid dienone is 2. The number of rotatable bonds is 5. The number of nitrogens with zero attached hydrogens (tertiary/aromatic N) is 4. The summed E-state index contributed by atoms with van der Waals surface area (Å²) < 4.78 is 0. The van der Waals surface area contributed by atoms with Crippen LogP contribution in [0.3, 0.4) is 0 Å². The second-order valence-electron chi connectivity index (χ2n) is 7.29. The molecule has 0 saturated heterocycles. The summed E-state index contributed by atoms with van der Waals surface area (Å²) >= 11 is 6.47. The minimum atomic E-state index is 0.258. The molecular formula is C24H24ClN7. The molecule has 2 aromatic carbocycles. The lowest BCUT2D eigenvalue weighted by atomic mass is 9.88. The number of hydrogen-bond donors (Lipinski definition) is 3. The lowest BCUT2D eigenvalue weighted by molar-refractivity contribution is 0.878. The SMILES string of the molecule is CN=C(C1=C(N)CCc2cnc(N=C(N)c3ccccc3NC)nc21)c1ccccc1Cl. The fraction of sp³-hybridized carbons (Fsp3) is 0.167. The predicted molar refractivity (Wildman–Crippen MR) is 132 cm³/mol. The average molecular weight is 446 g/mol. The van der Waals surface area contributed by atoms with E-state index in [9.17, 15) is 0 Å². The number of fused-ring (bicyclic) bond motifs is 1. The van der Waals surface area contributed by atoms with Crippen LogP contribution in [0.15, 0.2) is 70.4 Å². The summed E-state index contributed by atoms with van der Waals surface area (Å²) in [6.07, 6.45) is 3.21. The zero-order valence-electron chi connectivity index (χ0n) is 17.9. The third-order valence-corrected chi connectivity index (χ3v) is 5.69. The van der Waals surface area contributed by atoms with Crippen molar-refractivity contribution in [1.82, 2.24) is 9.97 Å². The molecule has 1 aliphatic rings. The van der Waals surface area contributed by atoms with Gasteiger partial charge in [-0.2, -0.15) is 4.99 Å². The van der Waals surface area contributed by atoms with Crippen molar-refractivity contribution in [3.63, 3.8) is 0 Å². The van der Waals surface area contributed by atoms with Gasteiger partial charge in [-0.25, -0.2) is 9.97 Å². The summed E-state index contributed by atoms with van der Waals surface area (Å²) in [7, 11) is 3.56. The smallest absolute Gasteiger partial charge is 0.251 e. The molecule has 5 N–H and O–H groups in total. The van der Waals surface area contributed by atoms with Gasteiger partial charge in [0, 0.05) is 53.4 Å². The van der Waals surface area contributed by atoms with Crippen LogP contribution >= 0.6 is 11.6 Å². The second-order valence-corrected chi connectivity index (χ2v) is 7.70. The number of nitrogens with one attached hydrogen (secondary N) is 1. The molecule has 1 aliphatic carbocycles. The van der Waals surface area contributed by atoms with Crippen molar-refractivity contribution in [3.8, 4) is 0 Å². The number of nitrogens with two attached hydrogens (primary N) is 2. The van der Waals surface area contributed by atoms with E-state index in [1.54, 1.807) is 13.2 Å². The van der Waals surface area contributed by atoms with E-state index in [0.717, 1.165) is 34.4 Å². The monoisotopic (exact) mass is 445 g/mol. The maximum atomic E-state index is 6.47. The van der Waals surface area contributed by atoms with Crippen LogP contribution in [0.4, 0.5) is 11.6 Å². The van der Waals surface area contributed by atoms with Crippen LogP contribution in [0.5, 0.6) is 0 Å². The van der Waals surface area contributed by atoms with Gasteiger partial charge < -0.3 is 16.8 Å². The quantitative estimate of drug-likeness (QED) is 0.406. The number of amidine groups is 1. The lowest BCUT2D eigenvalue weighted by Gasteiger charge is -2.22. The maximum Gasteiger partial charge on any atom is 0.251 e. The molecule has 162 valence electrons. The minimum Gasteiger partial charge on any atom is -0.401 e. The van der Waals surface area contributed by atoms with Gasteiger partial charge in [0.25, 0.3) is 5.95 Å². The zero-order chi connectivity index (χ0) is 22.7. The van der Waals surface area contributed by atoms with Gasteiger partial charge in [0.2, 0.25) is 0 Å². The first-order chi connectivity index (χ1) is 15.5. The molecule has 0 amide bonds. The molecular weight excluding hydrogens is 422 g/mol. The molecule has 3 aromatic rings. The Morgan fingerprint density at radius 2 is 1.78 bits per heavy atom. The molecule has 0 saturated carbocycles. The van der Waals surface area contributed by atoms with Gasteiger partial charge in [0.05, 0.1) is 11.4 Å². The summed E-state index contributed by atoms with van der Waals surface area (Å²) in [5.74, 6) is 0.577. The van der Waals surface area contributed by atoms with Crippen molar-refractivity contribution in [2.45, 2.75) is 12.8 Å². The average Bonchev–Trinajstić information content (AvgIpc) is 2.81. The summed E-state index contributed by atoms with van der Waals surface area (Å²) in [6, 6.07) is 15.2. The van der Waals surface area contributed by atoms with E-state index >= 15 is 0 Å². The predicted octanol–water partition coefficient (Wildman–Crippen LogP) is 3.94. The van der Waals surface area contributed by atoms with E-state index in [-0.39, 0.29) is 5.95 Å². The van der Waals surface area contributed by atoms with Crippen LogP contribution in [0.25, 0.3) is 5.57 Å². The Bertz CT molecular complexity index is 1260.